The molecule has 1 aliphatic rings. The maximum absolute atomic E-state index is 12.2. The maximum atomic E-state index is 12.2. The quantitative estimate of drug-likeness (QED) is 0.618. The van der Waals surface area contributed by atoms with E-state index >= 15 is 0 Å². The molecule has 0 aromatic heterocycles. The first-order valence-corrected chi connectivity index (χ1v) is 8.64. The van der Waals surface area contributed by atoms with Crippen LogP contribution >= 0.6 is 10.7 Å². The molecule has 116 valence electrons. The lowest BCUT2D eigenvalue weighted by molar-refractivity contribution is -0.0161. The molecule has 0 bridgehead atoms. The smallest absolute Gasteiger partial charge is 0.342 e. The summed E-state index contributed by atoms with van der Waals surface area (Å²) in [6.07, 6.45) is 0.982. The first-order valence-electron chi connectivity index (χ1n) is 6.33. The highest BCUT2D eigenvalue weighted by Crippen LogP contribution is 2.26. The van der Waals surface area contributed by atoms with E-state index in [4.69, 9.17) is 24.9 Å². The van der Waals surface area contributed by atoms with Crippen LogP contribution in [0.15, 0.2) is 23.1 Å². The Kier molecular flexibility index (Phi) is 5.08. The fraction of sp³-hybridized carbons (Fsp3) is 0.462. The van der Waals surface area contributed by atoms with Gasteiger partial charge in [0.15, 0.2) is 0 Å². The third kappa shape index (κ3) is 4.09. The van der Waals surface area contributed by atoms with Gasteiger partial charge < -0.3 is 14.2 Å². The fourth-order valence-corrected chi connectivity index (χ4v) is 2.78. The minimum atomic E-state index is -3.93. The molecule has 1 fully saturated rings. The van der Waals surface area contributed by atoms with Gasteiger partial charge in [0.25, 0.3) is 9.05 Å². The zero-order chi connectivity index (χ0) is 15.5. The summed E-state index contributed by atoms with van der Waals surface area (Å²) in [5, 5.41) is 0. The lowest BCUT2D eigenvalue weighted by atomic mass is 10.1. The number of rotatable bonds is 4. The van der Waals surface area contributed by atoms with E-state index in [1.54, 1.807) is 0 Å². The molecule has 1 heterocycles. The molecule has 6 nitrogen and oxygen atoms in total. The van der Waals surface area contributed by atoms with Gasteiger partial charge in [-0.1, -0.05) is 0 Å². The van der Waals surface area contributed by atoms with Crippen LogP contribution in [0.1, 0.15) is 23.2 Å². The van der Waals surface area contributed by atoms with Crippen molar-refractivity contribution in [2.45, 2.75) is 23.8 Å². The van der Waals surface area contributed by atoms with Gasteiger partial charge in [0, 0.05) is 23.5 Å². The van der Waals surface area contributed by atoms with Crippen LogP contribution in [0.4, 0.5) is 0 Å². The summed E-state index contributed by atoms with van der Waals surface area (Å²) >= 11 is 0. The Hall–Kier alpha value is -1.31. The average molecular weight is 335 g/mol. The van der Waals surface area contributed by atoms with E-state index in [0.717, 1.165) is 6.07 Å². The molecule has 0 atom stereocenters. The number of carbonyl (C=O) groups excluding carboxylic acids is 1. The van der Waals surface area contributed by atoms with E-state index in [1.807, 2.05) is 0 Å². The van der Waals surface area contributed by atoms with Crippen molar-refractivity contribution in [1.29, 1.82) is 0 Å². The van der Waals surface area contributed by atoms with Gasteiger partial charge in [-0.2, -0.15) is 0 Å². The number of esters is 1. The van der Waals surface area contributed by atoms with Crippen LogP contribution in [0.5, 0.6) is 5.75 Å². The van der Waals surface area contributed by atoms with Gasteiger partial charge in [0.2, 0.25) is 0 Å². The van der Waals surface area contributed by atoms with Crippen molar-refractivity contribution in [3.8, 4) is 5.75 Å². The molecule has 2 rings (SSSR count). The Morgan fingerprint density at radius 1 is 1.33 bits per heavy atom. The lowest BCUT2D eigenvalue weighted by Gasteiger charge is -2.22. The molecule has 0 saturated carbocycles. The summed E-state index contributed by atoms with van der Waals surface area (Å²) in [6.45, 7) is 1.07. The summed E-state index contributed by atoms with van der Waals surface area (Å²) in [5.41, 5.74) is 0.0331. The molecular weight excluding hydrogens is 320 g/mol. The van der Waals surface area contributed by atoms with Crippen LogP contribution < -0.4 is 4.74 Å². The third-order valence-electron chi connectivity index (χ3n) is 3.11. The van der Waals surface area contributed by atoms with Crippen molar-refractivity contribution in [1.82, 2.24) is 0 Å². The Morgan fingerprint density at radius 3 is 2.57 bits per heavy atom. The largest absolute Gasteiger partial charge is 0.496 e. The van der Waals surface area contributed by atoms with Gasteiger partial charge in [-0.05, 0) is 18.2 Å². The number of hydrogen-bond donors (Lipinski definition) is 0. The number of hydrogen-bond acceptors (Lipinski definition) is 6. The Balaban J connectivity index is 2.25. The second-order valence-corrected chi connectivity index (χ2v) is 7.08. The number of ether oxygens (including phenoxy) is 3. The summed E-state index contributed by atoms with van der Waals surface area (Å²) in [5.74, 6) is -0.406. The zero-order valence-electron chi connectivity index (χ0n) is 11.4. The van der Waals surface area contributed by atoms with Gasteiger partial charge in [0.1, 0.15) is 17.4 Å². The van der Waals surface area contributed by atoms with Crippen molar-refractivity contribution >= 4 is 25.7 Å². The van der Waals surface area contributed by atoms with Gasteiger partial charge in [0.05, 0.1) is 25.2 Å². The normalized spacial score (nSPS) is 16.5. The molecule has 8 heteroatoms. The SMILES string of the molecule is COc1ccc(S(=O)(=O)Cl)cc1C(=O)OC1CCOCC1. The molecular formula is C13H15ClO6S. The van der Waals surface area contributed by atoms with Crippen LogP contribution in [0.25, 0.3) is 0 Å². The van der Waals surface area contributed by atoms with Crippen LogP contribution in [0, 0.1) is 0 Å². The molecule has 0 N–H and O–H groups in total. The van der Waals surface area contributed by atoms with E-state index in [2.05, 4.69) is 0 Å². The molecule has 0 unspecified atom stereocenters. The van der Waals surface area contributed by atoms with Crippen molar-refractivity contribution in [2.75, 3.05) is 20.3 Å². The molecule has 0 spiro atoms. The predicted molar refractivity (Wildman–Crippen MR) is 75.3 cm³/mol. The molecule has 1 aliphatic heterocycles. The monoisotopic (exact) mass is 334 g/mol. The maximum Gasteiger partial charge on any atom is 0.342 e. The minimum Gasteiger partial charge on any atom is -0.496 e. The second kappa shape index (κ2) is 6.64. The van der Waals surface area contributed by atoms with Gasteiger partial charge in [-0.3, -0.25) is 0 Å². The minimum absolute atomic E-state index is 0.0331. The standard InChI is InChI=1S/C13H15ClO6S/c1-18-12-3-2-10(21(14,16)17)8-11(12)13(15)20-9-4-6-19-7-5-9/h2-3,8-9H,4-7H2,1H3. The van der Waals surface area contributed by atoms with Gasteiger partial charge in [-0.25, -0.2) is 13.2 Å². The molecule has 0 amide bonds. The second-order valence-electron chi connectivity index (χ2n) is 4.52. The van der Waals surface area contributed by atoms with Gasteiger partial charge in [-0.15, -0.1) is 0 Å². The fourth-order valence-electron chi connectivity index (χ4n) is 2.01. The summed E-state index contributed by atoms with van der Waals surface area (Å²) in [7, 11) is 2.74. The Morgan fingerprint density at radius 2 is 2.00 bits per heavy atom. The lowest BCUT2D eigenvalue weighted by Crippen LogP contribution is -2.26. The molecule has 1 saturated heterocycles. The Bertz CT molecular complexity index is 622. The average Bonchev–Trinajstić information content (AvgIpc) is 2.46. The van der Waals surface area contributed by atoms with Crippen LogP contribution in [-0.4, -0.2) is 40.8 Å². The zero-order valence-corrected chi connectivity index (χ0v) is 12.9. The highest BCUT2D eigenvalue weighted by atomic mass is 35.7. The topological polar surface area (TPSA) is 78.9 Å². The first-order chi connectivity index (χ1) is 9.91. The van der Waals surface area contributed by atoms with Crippen molar-refractivity contribution in [3.05, 3.63) is 23.8 Å². The van der Waals surface area contributed by atoms with E-state index in [1.165, 1.54) is 19.2 Å². The summed E-state index contributed by atoms with van der Waals surface area (Å²) < 4.78 is 38.3. The number of benzene rings is 1. The Labute approximate surface area is 127 Å². The van der Waals surface area contributed by atoms with E-state index in [9.17, 15) is 13.2 Å². The van der Waals surface area contributed by atoms with Crippen LogP contribution in [-0.2, 0) is 18.5 Å². The van der Waals surface area contributed by atoms with Crippen molar-refractivity contribution < 1.29 is 27.4 Å². The summed E-state index contributed by atoms with van der Waals surface area (Å²) in [4.78, 5) is 12.0. The molecule has 21 heavy (non-hydrogen) atoms. The first kappa shape index (κ1) is 16.1. The molecule has 1 aromatic carbocycles. The van der Waals surface area contributed by atoms with Gasteiger partial charge >= 0.3 is 5.97 Å². The number of carbonyl (C=O) groups is 1. The molecule has 0 aliphatic carbocycles. The molecule has 0 radical (unpaired) electrons. The van der Waals surface area contributed by atoms with E-state index in [0.29, 0.717) is 26.1 Å². The highest BCUT2D eigenvalue weighted by Gasteiger charge is 2.23. The number of halogens is 1. The third-order valence-corrected chi connectivity index (χ3v) is 4.47. The van der Waals surface area contributed by atoms with Crippen molar-refractivity contribution in [3.63, 3.8) is 0 Å². The van der Waals surface area contributed by atoms with E-state index < -0.39 is 15.0 Å². The highest BCUT2D eigenvalue weighted by molar-refractivity contribution is 8.13. The van der Waals surface area contributed by atoms with Crippen molar-refractivity contribution in [2.24, 2.45) is 0 Å². The van der Waals surface area contributed by atoms with Crippen LogP contribution in [0.3, 0.4) is 0 Å². The predicted octanol–water partition coefficient (Wildman–Crippen LogP) is 1.96. The number of methoxy groups -OCH3 is 1. The molecule has 1 aromatic rings. The van der Waals surface area contributed by atoms with E-state index in [-0.39, 0.29) is 22.3 Å². The summed E-state index contributed by atoms with van der Waals surface area (Å²) in [6, 6.07) is 3.80. The van der Waals surface area contributed by atoms with Crippen LogP contribution in [0.2, 0.25) is 0 Å².